The van der Waals surface area contributed by atoms with Gasteiger partial charge in [0.2, 0.25) is 0 Å². The fourth-order valence-corrected chi connectivity index (χ4v) is 2.48. The molecule has 0 fully saturated rings. The molecule has 0 aliphatic carbocycles. The third kappa shape index (κ3) is 3.42. The first-order valence-corrected chi connectivity index (χ1v) is 6.72. The Kier molecular flexibility index (Phi) is 4.33. The Labute approximate surface area is 115 Å². The average Bonchev–Trinajstić information content (AvgIpc) is 2.38. The molecule has 19 heavy (non-hydrogen) atoms. The highest BCUT2D eigenvalue weighted by atomic mass is 16.1. The topological polar surface area (TPSA) is 20.3 Å². The number of hydrogen-bond donors (Lipinski definition) is 0. The predicted molar refractivity (Wildman–Crippen MR) is 80.3 cm³/mol. The summed E-state index contributed by atoms with van der Waals surface area (Å²) in [5.41, 5.74) is 1.28. The molecule has 2 heteroatoms. The van der Waals surface area contributed by atoms with Gasteiger partial charge in [0.15, 0.2) is 0 Å². The first-order valence-electron chi connectivity index (χ1n) is 6.72. The molecule has 0 saturated heterocycles. The molecular weight excluding hydrogens is 234 g/mol. The van der Waals surface area contributed by atoms with Crippen LogP contribution in [0.15, 0.2) is 42.5 Å². The molecule has 1 atom stereocenters. The maximum Gasteiger partial charge on any atom is 0.129 e. The van der Waals surface area contributed by atoms with E-state index in [9.17, 15) is 4.79 Å². The first-order chi connectivity index (χ1) is 9.08. The van der Waals surface area contributed by atoms with Gasteiger partial charge in [0, 0.05) is 12.5 Å². The Morgan fingerprint density at radius 3 is 2.42 bits per heavy atom. The quantitative estimate of drug-likeness (QED) is 0.809. The zero-order chi connectivity index (χ0) is 13.8. The molecule has 0 heterocycles. The molecule has 0 aliphatic rings. The lowest BCUT2D eigenvalue weighted by molar-refractivity contribution is -0.117. The molecule has 0 N–H and O–H groups in total. The van der Waals surface area contributed by atoms with Crippen molar-refractivity contribution in [3.05, 3.63) is 48.0 Å². The first kappa shape index (κ1) is 13.8. The Bertz CT molecular complexity index is 574. The molecule has 0 radical (unpaired) electrons. The Morgan fingerprint density at radius 1 is 1.11 bits per heavy atom. The van der Waals surface area contributed by atoms with Gasteiger partial charge in [-0.2, -0.15) is 0 Å². The van der Waals surface area contributed by atoms with E-state index >= 15 is 0 Å². The van der Waals surface area contributed by atoms with Crippen LogP contribution < -0.4 is 0 Å². The number of carbonyl (C=O) groups is 1. The smallest absolute Gasteiger partial charge is 0.129 e. The maximum absolute atomic E-state index is 11.2. The monoisotopic (exact) mass is 255 g/mol. The Morgan fingerprint density at radius 2 is 1.79 bits per heavy atom. The van der Waals surface area contributed by atoms with Crippen molar-refractivity contribution in [2.45, 2.75) is 25.8 Å². The van der Waals surface area contributed by atoms with Gasteiger partial charge < -0.3 is 9.69 Å². The zero-order valence-electron chi connectivity index (χ0n) is 11.9. The summed E-state index contributed by atoms with van der Waals surface area (Å²) in [6.45, 7) is 1.66. The number of Topliss-reactive ketones (excluding diaryl/α,β-unsaturated/α-hetero) is 1. The number of hydrogen-bond acceptors (Lipinski definition) is 2. The minimum absolute atomic E-state index is 0.257. The number of ketones is 1. The van der Waals surface area contributed by atoms with Gasteiger partial charge in [-0.1, -0.05) is 36.4 Å². The van der Waals surface area contributed by atoms with Gasteiger partial charge in [-0.15, -0.1) is 0 Å². The van der Waals surface area contributed by atoms with Crippen molar-refractivity contribution in [3.63, 3.8) is 0 Å². The zero-order valence-corrected chi connectivity index (χ0v) is 11.9. The SMILES string of the molecule is CC(=O)CCC(c1ccc2ccccc2c1)N(C)C. The Balaban J connectivity index is 2.30. The maximum atomic E-state index is 11.2. The normalized spacial score (nSPS) is 12.8. The molecule has 100 valence electrons. The van der Waals surface area contributed by atoms with E-state index in [1.165, 1.54) is 16.3 Å². The number of benzene rings is 2. The van der Waals surface area contributed by atoms with E-state index in [2.05, 4.69) is 61.5 Å². The molecule has 2 rings (SSSR count). The van der Waals surface area contributed by atoms with E-state index in [0.717, 1.165) is 6.42 Å². The van der Waals surface area contributed by atoms with Crippen molar-refractivity contribution in [2.24, 2.45) is 0 Å². The third-order valence-corrected chi connectivity index (χ3v) is 3.55. The highest BCUT2D eigenvalue weighted by molar-refractivity contribution is 5.83. The number of nitrogens with zero attached hydrogens (tertiary/aromatic N) is 1. The number of rotatable bonds is 5. The highest BCUT2D eigenvalue weighted by Gasteiger charge is 2.15. The van der Waals surface area contributed by atoms with Gasteiger partial charge >= 0.3 is 0 Å². The minimum atomic E-state index is 0.257. The van der Waals surface area contributed by atoms with Crippen LogP contribution in [0.25, 0.3) is 10.8 Å². The van der Waals surface area contributed by atoms with Gasteiger partial charge in [0.25, 0.3) is 0 Å². The molecule has 1 unspecified atom stereocenters. The van der Waals surface area contributed by atoms with E-state index in [1.807, 2.05) is 0 Å². The fourth-order valence-electron chi connectivity index (χ4n) is 2.48. The van der Waals surface area contributed by atoms with Crippen LogP contribution in [-0.2, 0) is 4.79 Å². The lowest BCUT2D eigenvalue weighted by Crippen LogP contribution is -2.20. The Hall–Kier alpha value is -1.67. The molecule has 2 aromatic carbocycles. The van der Waals surface area contributed by atoms with Crippen molar-refractivity contribution in [3.8, 4) is 0 Å². The van der Waals surface area contributed by atoms with Crippen molar-refractivity contribution in [1.82, 2.24) is 4.90 Å². The van der Waals surface area contributed by atoms with Crippen molar-refractivity contribution >= 4 is 16.6 Å². The van der Waals surface area contributed by atoms with Gasteiger partial charge in [-0.05, 0) is 49.8 Å². The predicted octanol–water partition coefficient (Wildman–Crippen LogP) is 3.81. The summed E-state index contributed by atoms with van der Waals surface area (Å²) in [6, 6.07) is 15.2. The van der Waals surface area contributed by atoms with E-state index in [1.54, 1.807) is 6.92 Å². The fraction of sp³-hybridized carbons (Fsp3) is 0.353. The van der Waals surface area contributed by atoms with Gasteiger partial charge in [-0.3, -0.25) is 0 Å². The number of carbonyl (C=O) groups excluding carboxylic acids is 1. The highest BCUT2D eigenvalue weighted by Crippen LogP contribution is 2.26. The minimum Gasteiger partial charge on any atom is -0.302 e. The van der Waals surface area contributed by atoms with Crippen LogP contribution in [-0.4, -0.2) is 24.8 Å². The van der Waals surface area contributed by atoms with Crippen molar-refractivity contribution in [1.29, 1.82) is 0 Å². The average molecular weight is 255 g/mol. The summed E-state index contributed by atoms with van der Waals surface area (Å²) in [5, 5.41) is 2.52. The van der Waals surface area contributed by atoms with Crippen LogP contribution in [0.5, 0.6) is 0 Å². The van der Waals surface area contributed by atoms with Crippen molar-refractivity contribution in [2.75, 3.05) is 14.1 Å². The summed E-state index contributed by atoms with van der Waals surface area (Å²) in [4.78, 5) is 13.4. The second-order valence-corrected chi connectivity index (χ2v) is 5.33. The summed E-state index contributed by atoms with van der Waals surface area (Å²) < 4.78 is 0. The van der Waals surface area contributed by atoms with Crippen LogP contribution in [0, 0.1) is 0 Å². The van der Waals surface area contributed by atoms with E-state index in [4.69, 9.17) is 0 Å². The second-order valence-electron chi connectivity index (χ2n) is 5.33. The lowest BCUT2D eigenvalue weighted by Gasteiger charge is -2.24. The lowest BCUT2D eigenvalue weighted by atomic mass is 9.97. The summed E-state index contributed by atoms with van der Waals surface area (Å²) in [7, 11) is 4.14. The molecule has 0 aliphatic heterocycles. The third-order valence-electron chi connectivity index (χ3n) is 3.55. The standard InChI is InChI=1S/C17H21NO/c1-13(19)8-11-17(18(2)3)16-10-9-14-6-4-5-7-15(14)12-16/h4-7,9-10,12,17H,8,11H2,1-3H3. The van der Waals surface area contributed by atoms with E-state index < -0.39 is 0 Å². The largest absolute Gasteiger partial charge is 0.302 e. The van der Waals surface area contributed by atoms with Crippen LogP contribution in [0.2, 0.25) is 0 Å². The van der Waals surface area contributed by atoms with Crippen LogP contribution >= 0.6 is 0 Å². The van der Waals surface area contributed by atoms with E-state index in [-0.39, 0.29) is 5.78 Å². The molecule has 0 aromatic heterocycles. The molecular formula is C17H21NO. The van der Waals surface area contributed by atoms with Gasteiger partial charge in [0.1, 0.15) is 5.78 Å². The summed E-state index contributed by atoms with van der Waals surface area (Å²) >= 11 is 0. The second kappa shape index (κ2) is 5.98. The van der Waals surface area contributed by atoms with Gasteiger partial charge in [-0.25, -0.2) is 0 Å². The molecule has 0 bridgehead atoms. The van der Waals surface area contributed by atoms with Crippen LogP contribution in [0.3, 0.4) is 0 Å². The summed E-state index contributed by atoms with van der Waals surface area (Å²) in [5.74, 6) is 0.257. The van der Waals surface area contributed by atoms with Gasteiger partial charge in [0.05, 0.1) is 0 Å². The van der Waals surface area contributed by atoms with Crippen LogP contribution in [0.1, 0.15) is 31.4 Å². The number of fused-ring (bicyclic) bond motifs is 1. The molecule has 0 amide bonds. The summed E-state index contributed by atoms with van der Waals surface area (Å²) in [6.07, 6.45) is 1.51. The van der Waals surface area contributed by atoms with Crippen molar-refractivity contribution < 1.29 is 4.79 Å². The molecule has 2 nitrogen and oxygen atoms in total. The van der Waals surface area contributed by atoms with Crippen LogP contribution in [0.4, 0.5) is 0 Å². The molecule has 2 aromatic rings. The molecule has 0 saturated carbocycles. The molecule has 0 spiro atoms. The van der Waals surface area contributed by atoms with E-state index in [0.29, 0.717) is 12.5 Å².